The number of aryl methyl sites for hydroxylation is 1. The number of hydrogen-bond donors (Lipinski definition) is 0. The lowest BCUT2D eigenvalue weighted by molar-refractivity contribution is -0.119. The van der Waals surface area contributed by atoms with Crippen LogP contribution in [0, 0.1) is 18.3 Å². The second-order valence-corrected chi connectivity index (χ2v) is 6.74. The Morgan fingerprint density at radius 2 is 2.10 bits per heavy atom. The average Bonchev–Trinajstić information content (AvgIpc) is 2.49. The van der Waals surface area contributed by atoms with Crippen molar-refractivity contribution in [2.24, 2.45) is 11.3 Å². The monoisotopic (exact) mass is 288 g/mol. The number of rotatable bonds is 6. The predicted octanol–water partition coefficient (Wildman–Crippen LogP) is 3.61. The molecule has 0 aromatic carbocycles. The zero-order chi connectivity index (χ0) is 15.3. The van der Waals surface area contributed by atoms with E-state index in [-0.39, 0.29) is 5.41 Å². The van der Waals surface area contributed by atoms with E-state index in [2.05, 4.69) is 35.9 Å². The summed E-state index contributed by atoms with van der Waals surface area (Å²) in [5.41, 5.74) is 2.02. The van der Waals surface area contributed by atoms with E-state index >= 15 is 0 Å². The molecule has 1 fully saturated rings. The van der Waals surface area contributed by atoms with Crippen LogP contribution < -0.4 is 0 Å². The van der Waals surface area contributed by atoms with Crippen LogP contribution in [0.4, 0.5) is 0 Å². The fourth-order valence-corrected chi connectivity index (χ4v) is 3.29. The molecule has 1 heterocycles. The van der Waals surface area contributed by atoms with Gasteiger partial charge >= 0.3 is 0 Å². The molecule has 0 saturated heterocycles. The Balaban J connectivity index is 2.02. The summed E-state index contributed by atoms with van der Waals surface area (Å²) in [5, 5.41) is 0. The summed E-state index contributed by atoms with van der Waals surface area (Å²) in [5.74, 6) is 0.770. The van der Waals surface area contributed by atoms with Crippen LogP contribution in [0.5, 0.6) is 0 Å². The van der Waals surface area contributed by atoms with Crippen molar-refractivity contribution in [3.05, 3.63) is 29.6 Å². The van der Waals surface area contributed by atoms with Gasteiger partial charge in [-0.15, -0.1) is 0 Å². The fourth-order valence-electron chi connectivity index (χ4n) is 3.29. The molecule has 0 aliphatic heterocycles. The second-order valence-electron chi connectivity index (χ2n) is 6.74. The van der Waals surface area contributed by atoms with Gasteiger partial charge in [0.1, 0.15) is 6.29 Å². The van der Waals surface area contributed by atoms with Gasteiger partial charge < -0.3 is 4.79 Å². The van der Waals surface area contributed by atoms with Crippen molar-refractivity contribution in [2.75, 3.05) is 13.1 Å². The van der Waals surface area contributed by atoms with Gasteiger partial charge in [0.15, 0.2) is 0 Å². The van der Waals surface area contributed by atoms with Crippen molar-refractivity contribution in [1.82, 2.24) is 9.88 Å². The second kappa shape index (κ2) is 7.17. The van der Waals surface area contributed by atoms with Gasteiger partial charge in [-0.3, -0.25) is 9.88 Å². The molecule has 0 spiro atoms. The molecule has 3 nitrogen and oxygen atoms in total. The normalized spacial score (nSPS) is 26.0. The van der Waals surface area contributed by atoms with Gasteiger partial charge in [0.25, 0.3) is 0 Å². The Bertz CT molecular complexity index is 464. The molecular formula is C18H28N2O. The Hall–Kier alpha value is -1.22. The first-order valence-electron chi connectivity index (χ1n) is 8.18. The van der Waals surface area contributed by atoms with Crippen LogP contribution in [-0.4, -0.2) is 29.3 Å². The van der Waals surface area contributed by atoms with Gasteiger partial charge in [-0.1, -0.05) is 19.9 Å². The predicted molar refractivity (Wildman–Crippen MR) is 86.1 cm³/mol. The topological polar surface area (TPSA) is 33.2 Å². The van der Waals surface area contributed by atoms with Gasteiger partial charge in [-0.25, -0.2) is 0 Å². The van der Waals surface area contributed by atoms with E-state index in [1.165, 1.54) is 19.1 Å². The van der Waals surface area contributed by atoms with Crippen LogP contribution in [0.1, 0.15) is 50.9 Å². The molecule has 0 bridgehead atoms. The van der Waals surface area contributed by atoms with E-state index in [0.717, 1.165) is 49.8 Å². The first-order valence-corrected chi connectivity index (χ1v) is 8.18. The molecule has 0 radical (unpaired) electrons. The molecule has 0 N–H and O–H groups in total. The number of aromatic nitrogens is 1. The molecule has 3 heteroatoms. The molecule has 2 rings (SSSR count). The standard InChI is InChI=1S/C18H28N2O/c1-4-20(12-17-7-5-6-16(3)19-17)13-18(14-21)10-8-15(2)9-11-18/h5-7,14-15H,4,8-13H2,1-3H3. The van der Waals surface area contributed by atoms with E-state index in [1.807, 2.05) is 13.0 Å². The maximum absolute atomic E-state index is 11.7. The summed E-state index contributed by atoms with van der Waals surface area (Å²) < 4.78 is 0. The summed E-state index contributed by atoms with van der Waals surface area (Å²) in [6, 6.07) is 6.16. The van der Waals surface area contributed by atoms with Crippen LogP contribution >= 0.6 is 0 Å². The summed E-state index contributed by atoms with van der Waals surface area (Å²) in [6.45, 7) is 9.15. The first kappa shape index (κ1) is 16.2. The van der Waals surface area contributed by atoms with Gasteiger partial charge in [-0.05, 0) is 57.2 Å². The summed E-state index contributed by atoms with van der Waals surface area (Å²) in [6.07, 6.45) is 5.66. The highest BCUT2D eigenvalue weighted by Gasteiger charge is 2.35. The van der Waals surface area contributed by atoms with E-state index in [4.69, 9.17) is 0 Å². The number of pyridine rings is 1. The number of carbonyl (C=O) groups is 1. The van der Waals surface area contributed by atoms with Gasteiger partial charge in [0, 0.05) is 24.2 Å². The quantitative estimate of drug-likeness (QED) is 0.750. The minimum Gasteiger partial charge on any atom is -0.303 e. The summed E-state index contributed by atoms with van der Waals surface area (Å²) in [4.78, 5) is 18.7. The van der Waals surface area contributed by atoms with E-state index in [1.54, 1.807) is 0 Å². The molecule has 0 amide bonds. The molecule has 1 aliphatic carbocycles. The maximum Gasteiger partial charge on any atom is 0.127 e. The van der Waals surface area contributed by atoms with Gasteiger partial charge in [0.2, 0.25) is 0 Å². The molecule has 1 aromatic rings. The zero-order valence-corrected chi connectivity index (χ0v) is 13.6. The molecule has 116 valence electrons. The minimum atomic E-state index is -0.133. The minimum absolute atomic E-state index is 0.133. The highest BCUT2D eigenvalue weighted by atomic mass is 16.1. The SMILES string of the molecule is CCN(Cc1cccc(C)n1)CC1(C=O)CCC(C)CC1. The highest BCUT2D eigenvalue weighted by Crippen LogP contribution is 2.38. The van der Waals surface area contributed by atoms with Crippen molar-refractivity contribution in [3.63, 3.8) is 0 Å². The van der Waals surface area contributed by atoms with Crippen LogP contribution in [0.25, 0.3) is 0 Å². The Morgan fingerprint density at radius 3 is 2.67 bits per heavy atom. The average molecular weight is 288 g/mol. The number of hydrogen-bond acceptors (Lipinski definition) is 3. The molecule has 21 heavy (non-hydrogen) atoms. The van der Waals surface area contributed by atoms with Crippen LogP contribution in [0.2, 0.25) is 0 Å². The maximum atomic E-state index is 11.7. The van der Waals surface area contributed by atoms with E-state index in [9.17, 15) is 4.79 Å². The Kier molecular flexibility index (Phi) is 5.51. The number of aldehydes is 1. The number of nitrogens with zero attached hydrogens (tertiary/aromatic N) is 2. The molecule has 1 saturated carbocycles. The molecular weight excluding hydrogens is 260 g/mol. The summed E-state index contributed by atoms with van der Waals surface area (Å²) >= 11 is 0. The lowest BCUT2D eigenvalue weighted by atomic mass is 9.71. The molecule has 1 aromatic heterocycles. The van der Waals surface area contributed by atoms with Crippen molar-refractivity contribution >= 4 is 6.29 Å². The van der Waals surface area contributed by atoms with Crippen LogP contribution in [0.15, 0.2) is 18.2 Å². The Morgan fingerprint density at radius 1 is 1.38 bits per heavy atom. The molecule has 1 aliphatic rings. The number of carbonyl (C=O) groups excluding carboxylic acids is 1. The van der Waals surface area contributed by atoms with Gasteiger partial charge in [-0.2, -0.15) is 0 Å². The zero-order valence-electron chi connectivity index (χ0n) is 13.6. The van der Waals surface area contributed by atoms with Crippen molar-refractivity contribution in [1.29, 1.82) is 0 Å². The first-order chi connectivity index (χ1) is 10.1. The van der Waals surface area contributed by atoms with Crippen LogP contribution in [-0.2, 0) is 11.3 Å². The largest absolute Gasteiger partial charge is 0.303 e. The Labute approximate surface area is 128 Å². The van der Waals surface area contributed by atoms with Crippen LogP contribution in [0.3, 0.4) is 0 Å². The highest BCUT2D eigenvalue weighted by molar-refractivity contribution is 5.60. The lowest BCUT2D eigenvalue weighted by Crippen LogP contribution is -2.41. The molecule has 0 atom stereocenters. The fraction of sp³-hybridized carbons (Fsp3) is 0.667. The lowest BCUT2D eigenvalue weighted by Gasteiger charge is -2.38. The van der Waals surface area contributed by atoms with E-state index < -0.39 is 0 Å². The third-order valence-corrected chi connectivity index (χ3v) is 4.84. The van der Waals surface area contributed by atoms with Gasteiger partial charge in [0.05, 0.1) is 5.69 Å². The van der Waals surface area contributed by atoms with Crippen molar-refractivity contribution in [2.45, 2.75) is 53.0 Å². The smallest absolute Gasteiger partial charge is 0.127 e. The summed E-state index contributed by atoms with van der Waals surface area (Å²) in [7, 11) is 0. The molecule has 0 unspecified atom stereocenters. The van der Waals surface area contributed by atoms with E-state index in [0.29, 0.717) is 0 Å². The van der Waals surface area contributed by atoms with Crippen molar-refractivity contribution in [3.8, 4) is 0 Å². The third kappa shape index (κ3) is 4.37. The third-order valence-electron chi connectivity index (χ3n) is 4.84. The van der Waals surface area contributed by atoms with Crippen molar-refractivity contribution < 1.29 is 4.79 Å².